The van der Waals surface area contributed by atoms with E-state index in [1.165, 1.54) is 10.4 Å². The molecule has 1 aromatic heterocycles. The molecule has 1 amide bonds. The summed E-state index contributed by atoms with van der Waals surface area (Å²) in [5, 5.41) is 15.2. The lowest BCUT2D eigenvalue weighted by atomic mass is 10.1. The Morgan fingerprint density at radius 3 is 2.62 bits per heavy atom. The number of carbonyl (C=O) groups is 1. The van der Waals surface area contributed by atoms with Crippen LogP contribution in [0.5, 0.6) is 0 Å². The van der Waals surface area contributed by atoms with E-state index < -0.39 is 0 Å². The van der Waals surface area contributed by atoms with Gasteiger partial charge >= 0.3 is 0 Å². The van der Waals surface area contributed by atoms with Crippen molar-refractivity contribution < 1.29 is 4.79 Å². The van der Waals surface area contributed by atoms with Crippen molar-refractivity contribution >= 4 is 21.8 Å². The van der Waals surface area contributed by atoms with E-state index in [1.807, 2.05) is 49.4 Å². The highest BCUT2D eigenvalue weighted by atomic mass is 79.9. The Morgan fingerprint density at radius 1 is 1.15 bits per heavy atom. The smallest absolute Gasteiger partial charge is 0.243 e. The van der Waals surface area contributed by atoms with Gasteiger partial charge in [0.15, 0.2) is 0 Å². The van der Waals surface area contributed by atoms with Crippen molar-refractivity contribution in [1.82, 2.24) is 25.5 Å². The topological polar surface area (TPSA) is 72.7 Å². The second kappa shape index (κ2) is 8.71. The summed E-state index contributed by atoms with van der Waals surface area (Å²) in [7, 11) is 0. The van der Waals surface area contributed by atoms with Crippen LogP contribution in [-0.4, -0.2) is 32.2 Å². The summed E-state index contributed by atoms with van der Waals surface area (Å²) in [4.78, 5) is 13.5. The number of benzene rings is 2. The maximum absolute atomic E-state index is 12.2. The van der Waals surface area contributed by atoms with Crippen LogP contribution in [0.2, 0.25) is 0 Å². The van der Waals surface area contributed by atoms with Gasteiger partial charge in [0.1, 0.15) is 6.54 Å². The number of aryl methyl sites for hydroxylation is 1. The van der Waals surface area contributed by atoms with E-state index in [0.717, 1.165) is 22.9 Å². The van der Waals surface area contributed by atoms with Crippen LogP contribution in [0, 0.1) is 0 Å². The minimum atomic E-state index is -0.120. The molecule has 1 heterocycles. The zero-order valence-electron chi connectivity index (χ0n) is 14.5. The lowest BCUT2D eigenvalue weighted by Gasteiger charge is -2.13. The summed E-state index contributed by atoms with van der Waals surface area (Å²) in [6.45, 7) is 2.06. The molecule has 6 nitrogen and oxygen atoms in total. The molecular weight excluding hydrogens is 394 g/mol. The third-order valence-electron chi connectivity index (χ3n) is 3.96. The standard InChI is InChI=1S/C19H20BrN5O/c1-14(7-8-15-5-3-2-4-6-15)21-18(26)13-25-23-19(22-24-25)16-9-11-17(20)12-10-16/h2-6,9-12,14H,7-8,13H2,1H3,(H,21,26)/t14-/m1/s1. The molecule has 2 aromatic carbocycles. The van der Waals surface area contributed by atoms with E-state index in [0.29, 0.717) is 5.82 Å². The molecule has 0 saturated heterocycles. The summed E-state index contributed by atoms with van der Waals surface area (Å²) in [5.41, 5.74) is 2.13. The van der Waals surface area contributed by atoms with Crippen molar-refractivity contribution in [2.24, 2.45) is 0 Å². The van der Waals surface area contributed by atoms with Crippen LogP contribution < -0.4 is 5.32 Å². The zero-order chi connectivity index (χ0) is 18.4. The minimum absolute atomic E-state index is 0.0548. The first-order chi connectivity index (χ1) is 12.6. The van der Waals surface area contributed by atoms with Gasteiger partial charge in [-0.15, -0.1) is 10.2 Å². The zero-order valence-corrected chi connectivity index (χ0v) is 16.1. The molecule has 26 heavy (non-hydrogen) atoms. The first kappa shape index (κ1) is 18.3. The van der Waals surface area contributed by atoms with Gasteiger partial charge in [-0.2, -0.15) is 4.80 Å². The highest BCUT2D eigenvalue weighted by Gasteiger charge is 2.11. The SMILES string of the molecule is C[C@H](CCc1ccccc1)NC(=O)Cn1nnc(-c2ccc(Br)cc2)n1. The van der Waals surface area contributed by atoms with Crippen LogP contribution in [0.1, 0.15) is 18.9 Å². The van der Waals surface area contributed by atoms with Gasteiger partial charge in [-0.25, -0.2) is 0 Å². The number of carbonyl (C=O) groups excluding carboxylic acids is 1. The molecule has 0 spiro atoms. The monoisotopic (exact) mass is 413 g/mol. The molecule has 0 aliphatic heterocycles. The Balaban J connectivity index is 1.49. The van der Waals surface area contributed by atoms with Crippen molar-refractivity contribution in [3.05, 3.63) is 64.6 Å². The van der Waals surface area contributed by atoms with Crippen LogP contribution in [0.4, 0.5) is 0 Å². The van der Waals surface area contributed by atoms with Crippen molar-refractivity contribution in [1.29, 1.82) is 0 Å². The van der Waals surface area contributed by atoms with Crippen LogP contribution in [0.25, 0.3) is 11.4 Å². The Kier molecular flexibility index (Phi) is 6.12. The molecule has 0 radical (unpaired) electrons. The number of nitrogens with zero attached hydrogens (tertiary/aromatic N) is 4. The molecule has 3 rings (SSSR count). The molecular formula is C19H20BrN5O. The Bertz CT molecular complexity index is 848. The van der Waals surface area contributed by atoms with Crippen molar-refractivity contribution in [2.75, 3.05) is 0 Å². The van der Waals surface area contributed by atoms with Gasteiger partial charge in [0.05, 0.1) is 0 Å². The highest BCUT2D eigenvalue weighted by Crippen LogP contribution is 2.17. The summed E-state index contributed by atoms with van der Waals surface area (Å²) >= 11 is 3.39. The average Bonchev–Trinajstić information content (AvgIpc) is 3.09. The number of hydrogen-bond acceptors (Lipinski definition) is 4. The quantitative estimate of drug-likeness (QED) is 0.644. The fourth-order valence-corrected chi connectivity index (χ4v) is 2.84. The molecule has 134 valence electrons. The lowest BCUT2D eigenvalue weighted by Crippen LogP contribution is -2.35. The first-order valence-electron chi connectivity index (χ1n) is 8.47. The summed E-state index contributed by atoms with van der Waals surface area (Å²) in [6.07, 6.45) is 1.81. The van der Waals surface area contributed by atoms with Gasteiger partial charge in [-0.05, 0) is 54.8 Å². The van der Waals surface area contributed by atoms with E-state index in [9.17, 15) is 4.79 Å². The Morgan fingerprint density at radius 2 is 1.88 bits per heavy atom. The molecule has 0 bridgehead atoms. The van der Waals surface area contributed by atoms with Crippen molar-refractivity contribution in [2.45, 2.75) is 32.4 Å². The number of hydrogen-bond donors (Lipinski definition) is 1. The van der Waals surface area contributed by atoms with Gasteiger partial charge in [0.2, 0.25) is 11.7 Å². The van der Waals surface area contributed by atoms with E-state index >= 15 is 0 Å². The minimum Gasteiger partial charge on any atom is -0.352 e. The highest BCUT2D eigenvalue weighted by molar-refractivity contribution is 9.10. The molecule has 7 heteroatoms. The molecule has 0 aliphatic carbocycles. The molecule has 1 N–H and O–H groups in total. The van der Waals surface area contributed by atoms with Crippen molar-refractivity contribution in [3.63, 3.8) is 0 Å². The van der Waals surface area contributed by atoms with Gasteiger partial charge in [-0.3, -0.25) is 4.79 Å². The Labute approximate surface area is 160 Å². The summed E-state index contributed by atoms with van der Waals surface area (Å²) < 4.78 is 0.984. The maximum Gasteiger partial charge on any atom is 0.243 e. The number of rotatable bonds is 7. The predicted octanol–water partition coefficient (Wildman–Crippen LogP) is 3.24. The van der Waals surface area contributed by atoms with Gasteiger partial charge in [0, 0.05) is 16.1 Å². The maximum atomic E-state index is 12.2. The fourth-order valence-electron chi connectivity index (χ4n) is 2.57. The predicted molar refractivity (Wildman–Crippen MR) is 103 cm³/mol. The molecule has 0 unspecified atom stereocenters. The number of aromatic nitrogens is 4. The van der Waals surface area contributed by atoms with Crippen LogP contribution >= 0.6 is 15.9 Å². The number of tetrazole rings is 1. The summed E-state index contributed by atoms with van der Waals surface area (Å²) in [5.74, 6) is 0.382. The molecule has 1 atom stereocenters. The van der Waals surface area contributed by atoms with Crippen LogP contribution in [0.15, 0.2) is 59.1 Å². The molecule has 0 saturated carbocycles. The van der Waals surface area contributed by atoms with E-state index in [1.54, 1.807) is 0 Å². The third-order valence-corrected chi connectivity index (χ3v) is 4.49. The van der Waals surface area contributed by atoms with Gasteiger partial charge in [0.25, 0.3) is 0 Å². The molecule has 3 aromatic rings. The average molecular weight is 414 g/mol. The Hall–Kier alpha value is -2.54. The largest absolute Gasteiger partial charge is 0.352 e. The third kappa shape index (κ3) is 5.23. The molecule has 0 fully saturated rings. The fraction of sp³-hybridized carbons (Fsp3) is 0.263. The van der Waals surface area contributed by atoms with E-state index in [2.05, 4.69) is 48.8 Å². The molecule has 0 aliphatic rings. The lowest BCUT2D eigenvalue weighted by molar-refractivity contribution is -0.122. The van der Waals surface area contributed by atoms with E-state index in [4.69, 9.17) is 0 Å². The number of nitrogens with one attached hydrogen (secondary N) is 1. The first-order valence-corrected chi connectivity index (χ1v) is 9.26. The second-order valence-electron chi connectivity index (χ2n) is 6.14. The van der Waals surface area contributed by atoms with Crippen LogP contribution in [0.3, 0.4) is 0 Å². The normalized spacial score (nSPS) is 11.9. The van der Waals surface area contributed by atoms with Gasteiger partial charge < -0.3 is 5.32 Å². The van der Waals surface area contributed by atoms with Gasteiger partial charge in [-0.1, -0.05) is 46.3 Å². The second-order valence-corrected chi connectivity index (χ2v) is 7.06. The van der Waals surface area contributed by atoms with Crippen LogP contribution in [-0.2, 0) is 17.8 Å². The number of halogens is 1. The number of amides is 1. The van der Waals surface area contributed by atoms with Crippen molar-refractivity contribution in [3.8, 4) is 11.4 Å². The van der Waals surface area contributed by atoms with E-state index in [-0.39, 0.29) is 18.5 Å². The summed E-state index contributed by atoms with van der Waals surface area (Å²) in [6, 6.07) is 18.0.